The van der Waals surface area contributed by atoms with Crippen LogP contribution >= 0.6 is 15.9 Å². The minimum Gasteiger partial charge on any atom is -0.492 e. The fourth-order valence-electron chi connectivity index (χ4n) is 1.69. The van der Waals surface area contributed by atoms with Gasteiger partial charge in [0.2, 0.25) is 0 Å². The topological polar surface area (TPSA) is 55.8 Å². The van der Waals surface area contributed by atoms with Crippen LogP contribution in [0.1, 0.15) is 31.4 Å². The van der Waals surface area contributed by atoms with Gasteiger partial charge in [-0.2, -0.15) is 0 Å². The van der Waals surface area contributed by atoms with Gasteiger partial charge in [-0.1, -0.05) is 12.1 Å². The molecule has 0 amide bonds. The van der Waals surface area contributed by atoms with Crippen molar-refractivity contribution in [1.82, 2.24) is 0 Å². The van der Waals surface area contributed by atoms with E-state index in [9.17, 15) is 9.90 Å². The molecule has 5 heteroatoms. The van der Waals surface area contributed by atoms with Gasteiger partial charge in [-0.05, 0) is 47.7 Å². The second-order valence-electron chi connectivity index (χ2n) is 4.57. The van der Waals surface area contributed by atoms with Crippen LogP contribution < -0.4 is 4.74 Å². The first-order valence-corrected chi connectivity index (χ1v) is 7.18. The third-order valence-corrected chi connectivity index (χ3v) is 3.82. The van der Waals surface area contributed by atoms with E-state index in [4.69, 9.17) is 9.47 Å². The highest BCUT2D eigenvalue weighted by Crippen LogP contribution is 2.35. The monoisotopic (exact) mass is 328 g/mol. The Balaban J connectivity index is 2.10. The van der Waals surface area contributed by atoms with E-state index in [1.54, 1.807) is 19.1 Å². The largest absolute Gasteiger partial charge is 0.492 e. The zero-order chi connectivity index (χ0) is 13.8. The Morgan fingerprint density at radius 3 is 2.89 bits per heavy atom. The summed E-state index contributed by atoms with van der Waals surface area (Å²) in [6, 6.07) is 5.24. The van der Waals surface area contributed by atoms with Crippen LogP contribution in [0.4, 0.5) is 0 Å². The predicted octanol–water partition coefficient (Wildman–Crippen LogP) is 2.83. The molecule has 0 bridgehead atoms. The van der Waals surface area contributed by atoms with Crippen LogP contribution in [0.15, 0.2) is 22.7 Å². The van der Waals surface area contributed by atoms with Crippen molar-refractivity contribution in [2.24, 2.45) is 5.92 Å². The zero-order valence-corrected chi connectivity index (χ0v) is 12.4. The lowest BCUT2D eigenvalue weighted by atomic mass is 10.1. The number of benzene rings is 1. The summed E-state index contributed by atoms with van der Waals surface area (Å²) < 4.78 is 11.1. The maximum atomic E-state index is 11.5. The highest BCUT2D eigenvalue weighted by atomic mass is 79.9. The van der Waals surface area contributed by atoms with E-state index in [2.05, 4.69) is 15.9 Å². The Hall–Kier alpha value is -1.07. The number of aliphatic hydroxyl groups is 1. The molecule has 0 aromatic heterocycles. The summed E-state index contributed by atoms with van der Waals surface area (Å²) >= 11 is 3.38. The molecular formula is C14H17BrO4. The molecule has 1 atom stereocenters. The second-order valence-corrected chi connectivity index (χ2v) is 5.36. The molecule has 1 aliphatic carbocycles. The molecule has 1 fully saturated rings. The molecule has 1 saturated carbocycles. The van der Waals surface area contributed by atoms with Gasteiger partial charge in [0.25, 0.3) is 0 Å². The van der Waals surface area contributed by atoms with Crippen LogP contribution in [0.2, 0.25) is 0 Å². The lowest BCUT2D eigenvalue weighted by Gasteiger charge is -2.14. The van der Waals surface area contributed by atoms with E-state index < -0.39 is 12.1 Å². The van der Waals surface area contributed by atoms with E-state index in [-0.39, 0.29) is 6.61 Å². The molecule has 2 rings (SSSR count). The quantitative estimate of drug-likeness (QED) is 0.816. The van der Waals surface area contributed by atoms with Gasteiger partial charge in [0.1, 0.15) is 5.75 Å². The van der Waals surface area contributed by atoms with Crippen molar-refractivity contribution in [3.05, 3.63) is 28.2 Å². The van der Waals surface area contributed by atoms with Crippen LogP contribution in [0.3, 0.4) is 0 Å². The molecule has 104 valence electrons. The molecule has 0 heterocycles. The lowest BCUT2D eigenvalue weighted by molar-refractivity contribution is -0.153. The van der Waals surface area contributed by atoms with Crippen molar-refractivity contribution in [1.29, 1.82) is 0 Å². The van der Waals surface area contributed by atoms with E-state index in [0.717, 1.165) is 0 Å². The van der Waals surface area contributed by atoms with Gasteiger partial charge < -0.3 is 14.6 Å². The van der Waals surface area contributed by atoms with Crippen LogP contribution in [0, 0.1) is 5.92 Å². The lowest BCUT2D eigenvalue weighted by Crippen LogP contribution is -2.16. The molecule has 1 unspecified atom stereocenters. The molecule has 0 radical (unpaired) electrons. The first kappa shape index (κ1) is 14.3. The summed E-state index contributed by atoms with van der Waals surface area (Å²) in [5.41, 5.74) is 0.465. The summed E-state index contributed by atoms with van der Waals surface area (Å²) in [7, 11) is 0. The maximum absolute atomic E-state index is 11.5. The van der Waals surface area contributed by atoms with Crippen LogP contribution in [0.25, 0.3) is 0 Å². The van der Waals surface area contributed by atoms with Crippen molar-refractivity contribution in [3.63, 3.8) is 0 Å². The Bertz CT molecular complexity index is 457. The molecule has 1 N–H and O–H groups in total. The van der Waals surface area contributed by atoms with Crippen molar-refractivity contribution >= 4 is 21.9 Å². The van der Waals surface area contributed by atoms with Crippen molar-refractivity contribution in [2.45, 2.75) is 25.9 Å². The third kappa shape index (κ3) is 3.70. The maximum Gasteiger partial charge on any atom is 0.339 e. The SMILES string of the molecule is CCOC(=O)C(O)c1cccc(OCC2CC2)c1Br. The Morgan fingerprint density at radius 2 is 2.26 bits per heavy atom. The van der Waals surface area contributed by atoms with Gasteiger partial charge in [0.15, 0.2) is 6.10 Å². The van der Waals surface area contributed by atoms with E-state index in [0.29, 0.717) is 28.3 Å². The van der Waals surface area contributed by atoms with Gasteiger partial charge in [-0.15, -0.1) is 0 Å². The highest BCUT2D eigenvalue weighted by molar-refractivity contribution is 9.10. The average Bonchev–Trinajstić information content (AvgIpc) is 3.21. The van der Waals surface area contributed by atoms with Gasteiger partial charge >= 0.3 is 5.97 Å². The third-order valence-electron chi connectivity index (χ3n) is 2.97. The van der Waals surface area contributed by atoms with Crippen molar-refractivity contribution in [3.8, 4) is 5.75 Å². The Labute approximate surface area is 120 Å². The fourth-order valence-corrected chi connectivity index (χ4v) is 2.29. The average molecular weight is 329 g/mol. The molecule has 0 saturated heterocycles. The summed E-state index contributed by atoms with van der Waals surface area (Å²) in [5, 5.41) is 9.96. The Kier molecular flexibility index (Phi) is 4.82. The summed E-state index contributed by atoms with van der Waals surface area (Å²) in [6.07, 6.45) is 1.13. The number of hydrogen-bond donors (Lipinski definition) is 1. The van der Waals surface area contributed by atoms with Crippen molar-refractivity contribution < 1.29 is 19.4 Å². The number of aliphatic hydroxyl groups excluding tert-OH is 1. The van der Waals surface area contributed by atoms with Gasteiger partial charge in [0, 0.05) is 5.56 Å². The highest BCUT2D eigenvalue weighted by Gasteiger charge is 2.25. The summed E-state index contributed by atoms with van der Waals surface area (Å²) in [4.78, 5) is 11.5. The number of rotatable bonds is 6. The number of ether oxygens (including phenoxy) is 2. The van der Waals surface area contributed by atoms with Gasteiger partial charge in [-0.25, -0.2) is 4.79 Å². The number of hydrogen-bond acceptors (Lipinski definition) is 4. The second kappa shape index (κ2) is 6.39. The molecule has 1 aromatic rings. The van der Waals surface area contributed by atoms with Crippen LogP contribution in [-0.4, -0.2) is 24.3 Å². The molecule has 0 spiro atoms. The number of esters is 1. The normalized spacial score (nSPS) is 15.9. The number of halogens is 1. The first-order valence-electron chi connectivity index (χ1n) is 6.39. The predicted molar refractivity (Wildman–Crippen MR) is 74.0 cm³/mol. The molecule has 4 nitrogen and oxygen atoms in total. The molecule has 0 aliphatic heterocycles. The van der Waals surface area contributed by atoms with E-state index in [1.807, 2.05) is 6.07 Å². The van der Waals surface area contributed by atoms with Gasteiger partial charge in [0.05, 0.1) is 17.7 Å². The van der Waals surface area contributed by atoms with Crippen LogP contribution in [-0.2, 0) is 9.53 Å². The Morgan fingerprint density at radius 1 is 1.53 bits per heavy atom. The minimum absolute atomic E-state index is 0.241. The molecule has 1 aliphatic rings. The van der Waals surface area contributed by atoms with Crippen LogP contribution in [0.5, 0.6) is 5.75 Å². The molecule has 1 aromatic carbocycles. The van der Waals surface area contributed by atoms with Gasteiger partial charge in [-0.3, -0.25) is 0 Å². The number of carbonyl (C=O) groups excluding carboxylic acids is 1. The number of carbonyl (C=O) groups is 1. The summed E-state index contributed by atoms with van der Waals surface area (Å²) in [5.74, 6) is 0.640. The van der Waals surface area contributed by atoms with Crippen molar-refractivity contribution in [2.75, 3.05) is 13.2 Å². The summed E-state index contributed by atoms with van der Waals surface area (Å²) in [6.45, 7) is 2.62. The molecule has 19 heavy (non-hydrogen) atoms. The zero-order valence-electron chi connectivity index (χ0n) is 10.8. The first-order chi connectivity index (χ1) is 9.13. The van der Waals surface area contributed by atoms with E-state index >= 15 is 0 Å². The standard InChI is InChI=1S/C14H17BrO4/c1-2-18-14(17)13(16)10-4-3-5-11(12(10)15)19-8-9-6-7-9/h3-5,9,13,16H,2,6-8H2,1H3. The van der Waals surface area contributed by atoms with E-state index in [1.165, 1.54) is 12.8 Å². The minimum atomic E-state index is -1.29. The fraction of sp³-hybridized carbons (Fsp3) is 0.500. The smallest absolute Gasteiger partial charge is 0.339 e. The molecular weight excluding hydrogens is 312 g/mol.